The fourth-order valence-electron chi connectivity index (χ4n) is 6.51. The summed E-state index contributed by atoms with van der Waals surface area (Å²) < 4.78 is 0. The molecular weight excluding hydrogens is 723 g/mol. The molecule has 0 radical (unpaired) electrons. The average molecular weight is 762 g/mol. The van der Waals surface area contributed by atoms with Gasteiger partial charge in [0.2, 0.25) is 0 Å². The minimum atomic E-state index is -0.308. The van der Waals surface area contributed by atoms with E-state index in [4.69, 9.17) is 10.3 Å². The van der Waals surface area contributed by atoms with E-state index in [-0.39, 0.29) is 39.3 Å². The van der Waals surface area contributed by atoms with Crippen LogP contribution < -0.4 is 0 Å². The van der Waals surface area contributed by atoms with Crippen LogP contribution >= 0.6 is 0 Å². The number of nitrogens with zero attached hydrogens (tertiary/aromatic N) is 2. The van der Waals surface area contributed by atoms with Gasteiger partial charge in [-0.25, -0.2) is 0 Å². The van der Waals surface area contributed by atoms with Crippen molar-refractivity contribution in [1.29, 1.82) is 0 Å². The molecule has 0 N–H and O–H groups in total. The van der Waals surface area contributed by atoms with Gasteiger partial charge >= 0.3 is 0 Å². The number of pyridine rings is 1. The number of para-hydroxylation sites is 1. The van der Waals surface area contributed by atoms with Gasteiger partial charge in [0.1, 0.15) is 0 Å². The van der Waals surface area contributed by atoms with Crippen LogP contribution in [0.1, 0.15) is 68.0 Å². The van der Waals surface area contributed by atoms with Crippen LogP contribution in [-0.4, -0.2) is 4.98 Å². The Morgan fingerprint density at radius 1 is 0.565 bits per heavy atom. The minimum absolute atomic E-state index is 0. The van der Waals surface area contributed by atoms with Crippen molar-refractivity contribution in [1.82, 2.24) is 4.98 Å². The molecule has 3 heteroatoms. The summed E-state index contributed by atoms with van der Waals surface area (Å²) in [7, 11) is 0. The minimum Gasteiger partial charge on any atom is -0.673 e. The second-order valence-electron chi connectivity index (χ2n) is 12.2. The van der Waals surface area contributed by atoms with Crippen molar-refractivity contribution in [2.24, 2.45) is 0 Å². The van der Waals surface area contributed by atoms with Crippen molar-refractivity contribution >= 4 is 38.0 Å². The smallest absolute Gasteiger partial charge is 0.0196 e. The summed E-state index contributed by atoms with van der Waals surface area (Å²) in [5.41, 5.74) is 7.64. The van der Waals surface area contributed by atoms with Crippen LogP contribution in [0.15, 0.2) is 127 Å². The van der Waals surface area contributed by atoms with E-state index < -0.39 is 0 Å². The van der Waals surface area contributed by atoms with Gasteiger partial charge in [-0.1, -0.05) is 153 Å². The summed E-state index contributed by atoms with van der Waals surface area (Å²) in [6.07, 6.45) is 0. The molecule has 0 fully saturated rings. The van der Waals surface area contributed by atoms with E-state index in [2.05, 4.69) is 155 Å². The molecule has 0 saturated heterocycles. The molecule has 1 aromatic heterocycles. The van der Waals surface area contributed by atoms with Crippen LogP contribution in [0.5, 0.6) is 0 Å². The van der Waals surface area contributed by atoms with E-state index in [1.165, 1.54) is 43.6 Å². The molecule has 2 nitrogen and oxygen atoms in total. The molecule has 0 aliphatic heterocycles. The Morgan fingerprint density at radius 3 is 1.85 bits per heavy atom. The molecular formula is C43H39HfN2-3. The monoisotopic (exact) mass is 763 g/mol. The molecule has 46 heavy (non-hydrogen) atoms. The molecule has 228 valence electrons. The molecule has 0 bridgehead atoms. The third kappa shape index (κ3) is 6.18. The molecule has 0 aliphatic rings. The van der Waals surface area contributed by atoms with E-state index in [0.717, 1.165) is 28.0 Å². The van der Waals surface area contributed by atoms with E-state index >= 15 is 0 Å². The Labute approximate surface area is 292 Å². The largest absolute Gasteiger partial charge is 0.673 e. The molecule has 6 aromatic carbocycles. The third-order valence-corrected chi connectivity index (χ3v) is 8.72. The predicted octanol–water partition coefficient (Wildman–Crippen LogP) is 12.5. The zero-order valence-corrected chi connectivity index (χ0v) is 30.8. The van der Waals surface area contributed by atoms with Crippen LogP contribution in [0.2, 0.25) is 0 Å². The van der Waals surface area contributed by atoms with Crippen molar-refractivity contribution in [3.05, 3.63) is 169 Å². The Kier molecular flexibility index (Phi) is 10.2. The standard InChI is InChI=1S/C42H36N2.CH3.Hf/c1-27(2)31-21-12-22-32(28(3)4)41(31)44-42(38-26-30-15-6-8-18-34(30)35-19-9-10-20-36(35)38)40-25-13-24-39(43-40)37-23-11-16-29-14-5-7-17-33(29)37;;/h5-22,24-28,42H,1-4H3;1H3;/q-2;-1;. The summed E-state index contributed by atoms with van der Waals surface area (Å²) in [5.74, 6) is 0.678. The van der Waals surface area contributed by atoms with Gasteiger partial charge in [-0.2, -0.15) is 0 Å². The molecule has 0 aliphatic carbocycles. The summed E-state index contributed by atoms with van der Waals surface area (Å²) in [6.45, 7) is 9.03. The van der Waals surface area contributed by atoms with Crippen LogP contribution in [0.3, 0.4) is 0 Å². The maximum atomic E-state index is 5.72. The summed E-state index contributed by atoms with van der Waals surface area (Å²) in [4.78, 5) is 5.38. The second kappa shape index (κ2) is 14.1. The van der Waals surface area contributed by atoms with Crippen LogP contribution in [0.4, 0.5) is 5.69 Å². The maximum Gasteiger partial charge on any atom is 0.0196 e. The van der Waals surface area contributed by atoms with Gasteiger partial charge in [-0.15, -0.1) is 34.8 Å². The van der Waals surface area contributed by atoms with Crippen molar-refractivity contribution in [2.45, 2.75) is 45.6 Å². The van der Waals surface area contributed by atoms with E-state index in [1.54, 1.807) is 0 Å². The van der Waals surface area contributed by atoms with Gasteiger partial charge < -0.3 is 17.7 Å². The first-order valence-corrected chi connectivity index (χ1v) is 15.6. The summed E-state index contributed by atoms with van der Waals surface area (Å²) in [6, 6.07) is 48.5. The van der Waals surface area contributed by atoms with E-state index in [9.17, 15) is 0 Å². The SMILES string of the molecule is CC(C)c1cccc(C(C)C)c1[N-]C(c1cccc(-c2[c-]ccc3ccccc23)n1)c1cc2ccccc2c2ccccc12.[CH3-].[Hf]. The number of aromatic nitrogens is 1. The van der Waals surface area contributed by atoms with Crippen molar-refractivity contribution in [3.8, 4) is 11.3 Å². The van der Waals surface area contributed by atoms with Gasteiger partial charge in [-0.3, -0.25) is 0 Å². The zero-order valence-electron chi connectivity index (χ0n) is 27.3. The molecule has 1 atom stereocenters. The number of hydrogen-bond donors (Lipinski definition) is 0. The van der Waals surface area contributed by atoms with Crippen LogP contribution in [0, 0.1) is 13.5 Å². The normalized spacial score (nSPS) is 11.9. The summed E-state index contributed by atoms with van der Waals surface area (Å²) >= 11 is 0. The Balaban J connectivity index is 0.00000208. The van der Waals surface area contributed by atoms with E-state index in [0.29, 0.717) is 11.8 Å². The Hall–Kier alpha value is -4.08. The molecule has 0 amide bonds. The molecule has 1 unspecified atom stereocenters. The maximum absolute atomic E-state index is 5.72. The number of benzene rings is 6. The number of fused-ring (bicyclic) bond motifs is 4. The van der Waals surface area contributed by atoms with Crippen molar-refractivity contribution in [2.75, 3.05) is 0 Å². The number of rotatable bonds is 7. The fourth-order valence-corrected chi connectivity index (χ4v) is 6.51. The Morgan fingerprint density at radius 2 is 1.15 bits per heavy atom. The van der Waals surface area contributed by atoms with Crippen molar-refractivity contribution in [3.63, 3.8) is 0 Å². The first-order valence-electron chi connectivity index (χ1n) is 15.6. The van der Waals surface area contributed by atoms with Crippen molar-refractivity contribution < 1.29 is 25.8 Å². The van der Waals surface area contributed by atoms with Gasteiger partial charge in [0, 0.05) is 31.5 Å². The first-order chi connectivity index (χ1) is 21.5. The summed E-state index contributed by atoms with van der Waals surface area (Å²) in [5, 5.41) is 13.0. The average Bonchev–Trinajstić information content (AvgIpc) is 3.06. The van der Waals surface area contributed by atoms with Crippen LogP contribution in [-0.2, 0) is 25.8 Å². The molecule has 1 heterocycles. The molecule has 7 rings (SSSR count). The first kappa shape index (κ1) is 33.3. The topological polar surface area (TPSA) is 27.0 Å². The van der Waals surface area contributed by atoms with Gasteiger partial charge in [0.15, 0.2) is 0 Å². The molecule has 7 aromatic rings. The van der Waals surface area contributed by atoms with Gasteiger partial charge in [0.05, 0.1) is 0 Å². The van der Waals surface area contributed by atoms with E-state index in [1.807, 2.05) is 6.07 Å². The Bertz CT molecular complexity index is 2100. The predicted molar refractivity (Wildman–Crippen MR) is 193 cm³/mol. The van der Waals surface area contributed by atoms with Gasteiger partial charge in [0.25, 0.3) is 0 Å². The molecule has 0 saturated carbocycles. The third-order valence-electron chi connectivity index (χ3n) is 8.72. The fraction of sp³-hybridized carbons (Fsp3) is 0.163. The molecule has 0 spiro atoms. The van der Waals surface area contributed by atoms with Gasteiger partial charge in [-0.05, 0) is 56.7 Å². The number of hydrogen-bond acceptors (Lipinski definition) is 1. The van der Waals surface area contributed by atoms with Crippen LogP contribution in [0.25, 0.3) is 48.9 Å². The second-order valence-corrected chi connectivity index (χ2v) is 12.2. The quantitative estimate of drug-likeness (QED) is 0.0903. The zero-order chi connectivity index (χ0) is 30.2.